The van der Waals surface area contributed by atoms with Crippen molar-refractivity contribution in [1.82, 2.24) is 4.90 Å². The number of amides is 1. The van der Waals surface area contributed by atoms with Gasteiger partial charge in [-0.05, 0) is 44.9 Å². The van der Waals surface area contributed by atoms with E-state index in [1.165, 1.54) is 11.3 Å². The molecule has 146 valence electrons. The van der Waals surface area contributed by atoms with Crippen molar-refractivity contribution in [3.8, 4) is 0 Å². The number of nitrogens with zero attached hydrogens (tertiary/aromatic N) is 1. The van der Waals surface area contributed by atoms with Crippen LogP contribution in [0.3, 0.4) is 0 Å². The molecule has 3 rings (SSSR count). The monoisotopic (exact) mass is 408 g/mol. The molecule has 0 radical (unpaired) electrons. The number of nitrogens with one attached hydrogen (secondary N) is 1. The molecule has 0 aliphatic carbocycles. The Bertz CT molecular complexity index is 805. The molecule has 27 heavy (non-hydrogen) atoms. The molecular weight excluding hydrogens is 384 g/mol. The zero-order valence-electron chi connectivity index (χ0n) is 15.8. The van der Waals surface area contributed by atoms with Crippen molar-refractivity contribution in [3.05, 3.63) is 51.9 Å². The summed E-state index contributed by atoms with van der Waals surface area (Å²) in [6.07, 6.45) is 0.791. The SMILES string of the molecule is CCOC(=O)c1c(NC(=O)c2ccccc2)sc2c1CCN(C(C)C)C2.Cl. The summed E-state index contributed by atoms with van der Waals surface area (Å²) in [5.41, 5.74) is 2.12. The van der Waals surface area contributed by atoms with Crippen LogP contribution in [0.1, 0.15) is 51.9 Å². The molecule has 1 aliphatic rings. The van der Waals surface area contributed by atoms with E-state index in [-0.39, 0.29) is 24.3 Å². The van der Waals surface area contributed by atoms with Crippen molar-refractivity contribution in [2.45, 2.75) is 39.8 Å². The van der Waals surface area contributed by atoms with Crippen LogP contribution in [0.5, 0.6) is 0 Å². The molecule has 0 saturated carbocycles. The molecule has 2 aromatic rings. The molecule has 1 amide bonds. The second kappa shape index (κ2) is 9.35. The smallest absolute Gasteiger partial charge is 0.341 e. The number of ether oxygens (including phenoxy) is 1. The van der Waals surface area contributed by atoms with E-state index in [0.29, 0.717) is 28.8 Å². The van der Waals surface area contributed by atoms with E-state index >= 15 is 0 Å². The predicted octanol–water partition coefficient (Wildman–Crippen LogP) is 4.37. The number of rotatable bonds is 5. The maximum atomic E-state index is 12.6. The summed E-state index contributed by atoms with van der Waals surface area (Å²) in [6, 6.07) is 9.47. The molecule has 1 aliphatic heterocycles. The third-order valence-electron chi connectivity index (χ3n) is 4.56. The van der Waals surface area contributed by atoms with Crippen molar-refractivity contribution >= 4 is 40.6 Å². The molecule has 2 heterocycles. The van der Waals surface area contributed by atoms with Crippen molar-refractivity contribution in [2.75, 3.05) is 18.5 Å². The number of fused-ring (bicyclic) bond motifs is 1. The largest absolute Gasteiger partial charge is 0.462 e. The van der Waals surface area contributed by atoms with Gasteiger partial charge in [0.1, 0.15) is 5.00 Å². The van der Waals surface area contributed by atoms with Crippen LogP contribution in [0.2, 0.25) is 0 Å². The normalized spacial score (nSPS) is 13.6. The van der Waals surface area contributed by atoms with E-state index in [1.807, 2.05) is 18.2 Å². The fourth-order valence-electron chi connectivity index (χ4n) is 3.14. The van der Waals surface area contributed by atoms with Gasteiger partial charge in [-0.1, -0.05) is 18.2 Å². The molecule has 1 aromatic heterocycles. The van der Waals surface area contributed by atoms with E-state index in [1.54, 1.807) is 19.1 Å². The quantitative estimate of drug-likeness (QED) is 0.746. The summed E-state index contributed by atoms with van der Waals surface area (Å²) >= 11 is 1.49. The van der Waals surface area contributed by atoms with Crippen LogP contribution in [-0.4, -0.2) is 36.0 Å². The Morgan fingerprint density at radius 2 is 1.96 bits per heavy atom. The number of esters is 1. The lowest BCUT2D eigenvalue weighted by Crippen LogP contribution is -2.35. The molecule has 7 heteroatoms. The van der Waals surface area contributed by atoms with Gasteiger partial charge < -0.3 is 10.1 Å². The number of hydrogen-bond donors (Lipinski definition) is 1. The van der Waals surface area contributed by atoms with Gasteiger partial charge in [0.15, 0.2) is 0 Å². The van der Waals surface area contributed by atoms with Gasteiger partial charge in [-0.25, -0.2) is 4.79 Å². The van der Waals surface area contributed by atoms with Crippen LogP contribution in [0.25, 0.3) is 0 Å². The molecule has 0 atom stereocenters. The molecule has 1 aromatic carbocycles. The van der Waals surface area contributed by atoms with E-state index < -0.39 is 0 Å². The Kier molecular flexibility index (Phi) is 7.41. The first-order valence-electron chi connectivity index (χ1n) is 8.93. The van der Waals surface area contributed by atoms with Crippen LogP contribution < -0.4 is 5.32 Å². The molecule has 0 bridgehead atoms. The Morgan fingerprint density at radius 3 is 2.59 bits per heavy atom. The van der Waals surface area contributed by atoms with Crippen molar-refractivity contribution in [1.29, 1.82) is 0 Å². The van der Waals surface area contributed by atoms with Gasteiger partial charge in [0.05, 0.1) is 12.2 Å². The standard InChI is InChI=1S/C20H24N2O3S.ClH/c1-4-25-20(24)17-15-10-11-22(13(2)3)12-16(15)26-19(17)21-18(23)14-8-6-5-7-9-14;/h5-9,13H,4,10-12H2,1-3H3,(H,21,23);1H. The first-order valence-corrected chi connectivity index (χ1v) is 9.75. The third kappa shape index (κ3) is 4.69. The highest BCUT2D eigenvalue weighted by atomic mass is 35.5. The highest BCUT2D eigenvalue weighted by molar-refractivity contribution is 7.17. The van der Waals surface area contributed by atoms with Gasteiger partial charge in [0.2, 0.25) is 0 Å². The number of carbonyl (C=O) groups is 2. The summed E-state index contributed by atoms with van der Waals surface area (Å²) in [7, 11) is 0. The van der Waals surface area contributed by atoms with E-state index in [4.69, 9.17) is 4.74 Å². The fraction of sp³-hybridized carbons (Fsp3) is 0.400. The number of halogens is 1. The second-order valence-electron chi connectivity index (χ2n) is 6.56. The lowest BCUT2D eigenvalue weighted by Gasteiger charge is -2.30. The first-order chi connectivity index (χ1) is 12.5. The summed E-state index contributed by atoms with van der Waals surface area (Å²) in [5, 5.41) is 3.52. The average molecular weight is 409 g/mol. The van der Waals surface area contributed by atoms with E-state index in [9.17, 15) is 9.59 Å². The Labute approximate surface area is 170 Å². The van der Waals surface area contributed by atoms with Crippen molar-refractivity contribution < 1.29 is 14.3 Å². The van der Waals surface area contributed by atoms with Crippen molar-refractivity contribution in [3.63, 3.8) is 0 Å². The second-order valence-corrected chi connectivity index (χ2v) is 7.67. The highest BCUT2D eigenvalue weighted by Crippen LogP contribution is 2.38. The lowest BCUT2D eigenvalue weighted by molar-refractivity contribution is 0.0526. The summed E-state index contributed by atoms with van der Waals surface area (Å²) < 4.78 is 5.26. The van der Waals surface area contributed by atoms with E-state index in [2.05, 4.69) is 24.1 Å². The maximum Gasteiger partial charge on any atom is 0.341 e. The average Bonchev–Trinajstić information content (AvgIpc) is 2.99. The third-order valence-corrected chi connectivity index (χ3v) is 5.69. The van der Waals surface area contributed by atoms with Crippen LogP contribution in [0.4, 0.5) is 5.00 Å². The topological polar surface area (TPSA) is 58.6 Å². The summed E-state index contributed by atoms with van der Waals surface area (Å²) in [4.78, 5) is 28.6. The van der Waals surface area contributed by atoms with Crippen molar-refractivity contribution in [2.24, 2.45) is 0 Å². The van der Waals surface area contributed by atoms with Gasteiger partial charge >= 0.3 is 5.97 Å². The molecule has 0 unspecified atom stereocenters. The van der Waals surface area contributed by atoms with Gasteiger partial charge in [-0.15, -0.1) is 23.7 Å². The van der Waals surface area contributed by atoms with Crippen LogP contribution in [-0.2, 0) is 17.7 Å². The first kappa shape index (κ1) is 21.4. The summed E-state index contributed by atoms with van der Waals surface area (Å²) in [5.74, 6) is -0.568. The van der Waals surface area contributed by atoms with Gasteiger partial charge in [-0.3, -0.25) is 9.69 Å². The Hall–Kier alpha value is -1.89. The van der Waals surface area contributed by atoms with Gasteiger partial charge in [0.25, 0.3) is 5.91 Å². The van der Waals surface area contributed by atoms with Gasteiger partial charge in [0, 0.05) is 29.6 Å². The maximum absolute atomic E-state index is 12.6. The Morgan fingerprint density at radius 1 is 1.26 bits per heavy atom. The fourth-order valence-corrected chi connectivity index (χ4v) is 4.39. The zero-order chi connectivity index (χ0) is 18.7. The number of thiophene rings is 1. The number of benzene rings is 1. The number of hydrogen-bond acceptors (Lipinski definition) is 5. The van der Waals surface area contributed by atoms with E-state index in [0.717, 1.165) is 30.0 Å². The molecule has 5 nitrogen and oxygen atoms in total. The lowest BCUT2D eigenvalue weighted by atomic mass is 10.0. The predicted molar refractivity (Wildman–Crippen MR) is 111 cm³/mol. The van der Waals surface area contributed by atoms with Crippen LogP contribution >= 0.6 is 23.7 Å². The minimum Gasteiger partial charge on any atom is -0.462 e. The number of carbonyl (C=O) groups excluding carboxylic acids is 2. The zero-order valence-corrected chi connectivity index (χ0v) is 17.4. The molecule has 1 N–H and O–H groups in total. The molecule has 0 saturated heterocycles. The van der Waals surface area contributed by atoms with Crippen LogP contribution in [0, 0.1) is 0 Å². The van der Waals surface area contributed by atoms with Crippen LogP contribution in [0.15, 0.2) is 30.3 Å². The molecule has 0 spiro atoms. The summed E-state index contributed by atoms with van der Waals surface area (Å²) in [6.45, 7) is 8.14. The number of anilines is 1. The molecule has 0 fully saturated rings. The minimum atomic E-state index is -0.355. The van der Waals surface area contributed by atoms with Gasteiger partial charge in [-0.2, -0.15) is 0 Å². The Balaban J connectivity index is 0.00000261. The minimum absolute atomic E-state index is 0. The highest BCUT2D eigenvalue weighted by Gasteiger charge is 2.30. The molecular formula is C20H25ClN2O3S.